The molecule has 2 rings (SSSR count). The number of carboxylic acid groups (broad SMARTS) is 1. The van der Waals surface area contributed by atoms with Crippen molar-refractivity contribution in [3.63, 3.8) is 0 Å². The molecule has 8 heteroatoms. The highest BCUT2D eigenvalue weighted by Gasteiger charge is 2.16. The summed E-state index contributed by atoms with van der Waals surface area (Å²) >= 11 is 11.7. The van der Waals surface area contributed by atoms with Crippen LogP contribution in [0.3, 0.4) is 0 Å². The average Bonchev–Trinajstić information content (AvgIpc) is 2.70. The first-order chi connectivity index (χ1) is 8.49. The predicted octanol–water partition coefficient (Wildman–Crippen LogP) is 2.69. The van der Waals surface area contributed by atoms with Gasteiger partial charge in [-0.25, -0.2) is 9.48 Å². The number of aromatic nitrogens is 3. The number of halogens is 2. The van der Waals surface area contributed by atoms with Crippen LogP contribution in [0.2, 0.25) is 10.2 Å². The number of rotatable bonds is 2. The van der Waals surface area contributed by atoms with Gasteiger partial charge in [0.1, 0.15) is 5.69 Å². The zero-order chi connectivity index (χ0) is 13.3. The lowest BCUT2D eigenvalue weighted by Gasteiger charge is -2.09. The van der Waals surface area contributed by atoms with Crippen LogP contribution in [-0.2, 0) is 0 Å². The minimum atomic E-state index is -1.12. The van der Waals surface area contributed by atoms with Crippen LogP contribution in [0.1, 0.15) is 0 Å². The van der Waals surface area contributed by atoms with Crippen molar-refractivity contribution in [1.82, 2.24) is 14.8 Å². The number of amides is 1. The van der Waals surface area contributed by atoms with E-state index in [-0.39, 0.29) is 10.8 Å². The van der Waals surface area contributed by atoms with Gasteiger partial charge in [-0.05, 0) is 6.07 Å². The second-order valence-electron chi connectivity index (χ2n) is 3.45. The molecule has 2 heterocycles. The molecule has 0 unspecified atom stereocenters. The maximum absolute atomic E-state index is 10.8. The maximum Gasteiger partial charge on any atom is 0.411 e. The van der Waals surface area contributed by atoms with Gasteiger partial charge < -0.3 is 5.11 Å². The van der Waals surface area contributed by atoms with Crippen LogP contribution in [0.15, 0.2) is 24.7 Å². The smallest absolute Gasteiger partial charge is 0.411 e. The van der Waals surface area contributed by atoms with E-state index >= 15 is 0 Å². The summed E-state index contributed by atoms with van der Waals surface area (Å²) in [4.78, 5) is 15.7. The van der Waals surface area contributed by atoms with Gasteiger partial charge in [0.05, 0.1) is 23.1 Å². The number of hydrogen-bond donors (Lipinski definition) is 1. The molecule has 0 atom stereocenters. The van der Waals surface area contributed by atoms with Crippen molar-refractivity contribution >= 4 is 35.0 Å². The van der Waals surface area contributed by atoms with Gasteiger partial charge in [0.2, 0.25) is 0 Å². The van der Waals surface area contributed by atoms with Crippen molar-refractivity contribution in [3.05, 3.63) is 34.8 Å². The third-order valence-electron chi connectivity index (χ3n) is 2.25. The molecule has 0 aliphatic heterocycles. The van der Waals surface area contributed by atoms with Gasteiger partial charge in [-0.2, -0.15) is 5.10 Å². The molecule has 94 valence electrons. The molecule has 0 aliphatic carbocycles. The van der Waals surface area contributed by atoms with Gasteiger partial charge in [0.25, 0.3) is 0 Å². The lowest BCUT2D eigenvalue weighted by atomic mass is 10.4. The molecule has 0 aliphatic rings. The fraction of sp³-hybridized carbons (Fsp3) is 0.100. The third-order valence-corrected chi connectivity index (χ3v) is 2.73. The zero-order valence-corrected chi connectivity index (χ0v) is 10.7. The van der Waals surface area contributed by atoms with Crippen molar-refractivity contribution in [2.24, 2.45) is 0 Å². The Hall–Kier alpha value is -1.79. The minimum Gasteiger partial charge on any atom is -0.465 e. The summed E-state index contributed by atoms with van der Waals surface area (Å²) in [5.74, 6) is 0. The lowest BCUT2D eigenvalue weighted by molar-refractivity contribution is 0.203. The van der Waals surface area contributed by atoms with Crippen molar-refractivity contribution in [2.45, 2.75) is 0 Å². The molecule has 0 aromatic carbocycles. The van der Waals surface area contributed by atoms with Crippen molar-refractivity contribution in [1.29, 1.82) is 0 Å². The standard InChI is InChI=1S/C10H8Cl2N4O2/c1-15(10(17)18)8-5-16(14-9(8)12)7-2-6(11)3-13-4-7/h2-5H,1H3,(H,17,18). The van der Waals surface area contributed by atoms with Crippen LogP contribution in [-0.4, -0.2) is 33.0 Å². The van der Waals surface area contributed by atoms with Gasteiger partial charge in [-0.1, -0.05) is 23.2 Å². The van der Waals surface area contributed by atoms with Crippen molar-refractivity contribution < 1.29 is 9.90 Å². The van der Waals surface area contributed by atoms with E-state index in [4.69, 9.17) is 28.3 Å². The Balaban J connectivity index is 2.43. The summed E-state index contributed by atoms with van der Waals surface area (Å²) < 4.78 is 1.41. The van der Waals surface area contributed by atoms with Crippen LogP contribution < -0.4 is 4.90 Å². The highest BCUT2D eigenvalue weighted by molar-refractivity contribution is 6.32. The van der Waals surface area contributed by atoms with Crippen LogP contribution in [0.4, 0.5) is 10.5 Å². The topological polar surface area (TPSA) is 71.2 Å². The van der Waals surface area contributed by atoms with E-state index in [1.54, 1.807) is 12.3 Å². The van der Waals surface area contributed by atoms with Crippen molar-refractivity contribution in [2.75, 3.05) is 11.9 Å². The Morgan fingerprint density at radius 2 is 2.17 bits per heavy atom. The van der Waals surface area contributed by atoms with E-state index in [0.29, 0.717) is 10.7 Å². The average molecular weight is 287 g/mol. The van der Waals surface area contributed by atoms with Gasteiger partial charge in [-0.3, -0.25) is 9.88 Å². The summed E-state index contributed by atoms with van der Waals surface area (Å²) in [6.07, 6.45) is 3.39. The van der Waals surface area contributed by atoms with Crippen molar-refractivity contribution in [3.8, 4) is 5.69 Å². The van der Waals surface area contributed by atoms with Crippen LogP contribution in [0, 0.1) is 0 Å². The SMILES string of the molecule is CN(C(=O)O)c1cn(-c2cncc(Cl)c2)nc1Cl. The maximum atomic E-state index is 10.8. The molecule has 0 fully saturated rings. The molecule has 0 spiro atoms. The van der Waals surface area contributed by atoms with E-state index in [1.807, 2.05) is 0 Å². The van der Waals surface area contributed by atoms with Gasteiger partial charge >= 0.3 is 6.09 Å². The second-order valence-corrected chi connectivity index (χ2v) is 4.25. The Morgan fingerprint density at radius 3 is 2.78 bits per heavy atom. The minimum absolute atomic E-state index is 0.0832. The fourth-order valence-electron chi connectivity index (χ4n) is 1.33. The third kappa shape index (κ3) is 2.39. The second kappa shape index (κ2) is 4.83. The highest BCUT2D eigenvalue weighted by Crippen LogP contribution is 2.25. The molecular weight excluding hydrogens is 279 g/mol. The molecule has 1 amide bonds. The molecule has 0 saturated carbocycles. The first kappa shape index (κ1) is 12.7. The Morgan fingerprint density at radius 1 is 1.44 bits per heavy atom. The van der Waals surface area contributed by atoms with Gasteiger partial charge in [0, 0.05) is 13.2 Å². The fourth-order valence-corrected chi connectivity index (χ4v) is 1.76. The lowest BCUT2D eigenvalue weighted by Crippen LogP contribution is -2.23. The van der Waals surface area contributed by atoms with E-state index < -0.39 is 6.09 Å². The summed E-state index contributed by atoms with van der Waals surface area (Å²) in [6, 6.07) is 1.64. The number of pyridine rings is 1. The summed E-state index contributed by atoms with van der Waals surface area (Å²) in [7, 11) is 1.38. The zero-order valence-electron chi connectivity index (χ0n) is 9.21. The largest absolute Gasteiger partial charge is 0.465 e. The molecule has 1 N–H and O–H groups in total. The molecule has 18 heavy (non-hydrogen) atoms. The Bertz CT molecular complexity index is 599. The summed E-state index contributed by atoms with van der Waals surface area (Å²) in [5.41, 5.74) is 0.874. The molecule has 2 aromatic rings. The monoisotopic (exact) mass is 286 g/mol. The molecule has 0 bridgehead atoms. The number of carbonyl (C=O) groups is 1. The first-order valence-corrected chi connectivity index (χ1v) is 5.57. The first-order valence-electron chi connectivity index (χ1n) is 4.82. The highest BCUT2D eigenvalue weighted by atomic mass is 35.5. The summed E-state index contributed by atoms with van der Waals surface area (Å²) in [6.45, 7) is 0. The number of nitrogens with zero attached hydrogens (tertiary/aromatic N) is 4. The Labute approximate surface area is 112 Å². The molecule has 2 aromatic heterocycles. The van der Waals surface area contributed by atoms with E-state index in [1.165, 1.54) is 24.1 Å². The number of hydrogen-bond acceptors (Lipinski definition) is 3. The molecular formula is C10H8Cl2N4O2. The normalized spacial score (nSPS) is 10.4. The summed E-state index contributed by atoms with van der Waals surface area (Å²) in [5, 5.41) is 13.4. The van der Waals surface area contributed by atoms with Gasteiger partial charge in [-0.15, -0.1) is 0 Å². The van der Waals surface area contributed by atoms with Gasteiger partial charge in [0.15, 0.2) is 5.15 Å². The van der Waals surface area contributed by atoms with Crippen LogP contribution in [0.5, 0.6) is 0 Å². The number of anilines is 1. The van der Waals surface area contributed by atoms with E-state index in [9.17, 15) is 4.79 Å². The Kier molecular flexibility index (Phi) is 3.40. The van der Waals surface area contributed by atoms with Crippen LogP contribution >= 0.6 is 23.2 Å². The van der Waals surface area contributed by atoms with E-state index in [2.05, 4.69) is 10.1 Å². The quantitative estimate of drug-likeness (QED) is 0.921. The molecule has 0 radical (unpaired) electrons. The van der Waals surface area contributed by atoms with E-state index in [0.717, 1.165) is 4.90 Å². The van der Waals surface area contributed by atoms with Crippen LogP contribution in [0.25, 0.3) is 5.69 Å². The molecule has 0 saturated heterocycles. The molecule has 6 nitrogen and oxygen atoms in total. The predicted molar refractivity (Wildman–Crippen MR) is 67.8 cm³/mol.